The SMILES string of the molecule is Nc1cnc(Cl)cc1C(=O)NCCCCC(F)(F)F. The topological polar surface area (TPSA) is 68.0 Å². The van der Waals surface area contributed by atoms with Crippen LogP contribution in [0.2, 0.25) is 5.15 Å². The lowest BCUT2D eigenvalue weighted by atomic mass is 10.2. The lowest BCUT2D eigenvalue weighted by Gasteiger charge is -2.08. The van der Waals surface area contributed by atoms with Crippen molar-refractivity contribution < 1.29 is 18.0 Å². The van der Waals surface area contributed by atoms with E-state index in [1.807, 2.05) is 0 Å². The zero-order chi connectivity index (χ0) is 14.5. The molecule has 0 aliphatic carbocycles. The summed E-state index contributed by atoms with van der Waals surface area (Å²) in [5, 5.41) is 2.60. The van der Waals surface area contributed by atoms with Crippen molar-refractivity contribution in [2.75, 3.05) is 12.3 Å². The van der Waals surface area contributed by atoms with Crippen molar-refractivity contribution in [1.29, 1.82) is 0 Å². The molecule has 0 radical (unpaired) electrons. The molecule has 0 saturated heterocycles. The Hall–Kier alpha value is -1.50. The Bertz CT molecular complexity index is 451. The summed E-state index contributed by atoms with van der Waals surface area (Å²) in [4.78, 5) is 15.4. The first-order chi connectivity index (χ1) is 8.79. The summed E-state index contributed by atoms with van der Waals surface area (Å²) < 4.78 is 35.6. The van der Waals surface area contributed by atoms with Crippen LogP contribution in [-0.4, -0.2) is 23.6 Å². The third-order valence-corrected chi connectivity index (χ3v) is 2.53. The molecule has 0 bridgehead atoms. The van der Waals surface area contributed by atoms with Crippen LogP contribution in [0.25, 0.3) is 0 Å². The molecule has 0 unspecified atom stereocenters. The molecule has 1 rings (SSSR count). The number of carbonyl (C=O) groups is 1. The highest BCUT2D eigenvalue weighted by molar-refractivity contribution is 6.29. The minimum atomic E-state index is -4.16. The number of nitrogens with one attached hydrogen (secondary N) is 1. The maximum Gasteiger partial charge on any atom is 0.389 e. The van der Waals surface area contributed by atoms with Crippen molar-refractivity contribution >= 4 is 23.2 Å². The van der Waals surface area contributed by atoms with Gasteiger partial charge in [0.25, 0.3) is 5.91 Å². The van der Waals surface area contributed by atoms with Crippen molar-refractivity contribution in [3.05, 3.63) is 23.0 Å². The van der Waals surface area contributed by atoms with E-state index in [0.29, 0.717) is 0 Å². The number of unbranched alkanes of at least 4 members (excludes halogenated alkanes) is 1. The fourth-order valence-electron chi connectivity index (χ4n) is 1.38. The second kappa shape index (κ2) is 6.60. The van der Waals surface area contributed by atoms with Crippen molar-refractivity contribution in [2.24, 2.45) is 0 Å². The number of nitrogens with zero attached hydrogens (tertiary/aromatic N) is 1. The van der Waals surface area contributed by atoms with Crippen molar-refractivity contribution in [3.8, 4) is 0 Å². The second-order valence-electron chi connectivity index (χ2n) is 3.92. The van der Waals surface area contributed by atoms with E-state index >= 15 is 0 Å². The summed E-state index contributed by atoms with van der Waals surface area (Å²) in [5.74, 6) is -0.478. The van der Waals surface area contributed by atoms with Crippen LogP contribution in [0.5, 0.6) is 0 Å². The number of aromatic nitrogens is 1. The zero-order valence-corrected chi connectivity index (χ0v) is 10.7. The van der Waals surface area contributed by atoms with Crippen LogP contribution < -0.4 is 11.1 Å². The molecule has 1 heterocycles. The van der Waals surface area contributed by atoms with Crippen molar-refractivity contribution in [2.45, 2.75) is 25.4 Å². The Morgan fingerprint density at radius 2 is 2.11 bits per heavy atom. The Morgan fingerprint density at radius 1 is 1.42 bits per heavy atom. The van der Waals surface area contributed by atoms with E-state index in [1.54, 1.807) is 0 Å². The number of anilines is 1. The first kappa shape index (κ1) is 15.6. The fourth-order valence-corrected chi connectivity index (χ4v) is 1.54. The molecular weight excluding hydrogens is 283 g/mol. The predicted octanol–water partition coefficient (Wildman–Crippen LogP) is 2.78. The average molecular weight is 296 g/mol. The summed E-state index contributed by atoms with van der Waals surface area (Å²) in [5.41, 5.74) is 5.87. The largest absolute Gasteiger partial charge is 0.397 e. The summed E-state index contributed by atoms with van der Waals surface area (Å²) >= 11 is 5.62. The van der Waals surface area contributed by atoms with Crippen LogP contribution in [-0.2, 0) is 0 Å². The van der Waals surface area contributed by atoms with Gasteiger partial charge in [0.2, 0.25) is 0 Å². The molecular formula is C11H13ClF3N3O. The van der Waals surface area contributed by atoms with Crippen LogP contribution in [0.15, 0.2) is 12.3 Å². The summed E-state index contributed by atoms with van der Waals surface area (Å²) in [6, 6.07) is 1.31. The van der Waals surface area contributed by atoms with Gasteiger partial charge < -0.3 is 11.1 Å². The van der Waals surface area contributed by atoms with Gasteiger partial charge in [0.1, 0.15) is 5.15 Å². The maximum atomic E-state index is 11.9. The molecule has 8 heteroatoms. The molecule has 0 atom stereocenters. The molecule has 0 spiro atoms. The molecule has 4 nitrogen and oxygen atoms in total. The third-order valence-electron chi connectivity index (χ3n) is 2.32. The summed E-state index contributed by atoms with van der Waals surface area (Å²) in [7, 11) is 0. The average Bonchev–Trinajstić information content (AvgIpc) is 2.30. The number of rotatable bonds is 5. The molecule has 3 N–H and O–H groups in total. The van der Waals surface area contributed by atoms with E-state index < -0.39 is 18.5 Å². The van der Waals surface area contributed by atoms with Crippen molar-refractivity contribution in [3.63, 3.8) is 0 Å². The van der Waals surface area contributed by atoms with E-state index in [-0.39, 0.29) is 35.8 Å². The lowest BCUT2D eigenvalue weighted by molar-refractivity contribution is -0.135. The number of nitrogen functional groups attached to an aromatic ring is 1. The highest BCUT2D eigenvalue weighted by atomic mass is 35.5. The first-order valence-electron chi connectivity index (χ1n) is 5.55. The molecule has 0 aliphatic heterocycles. The van der Waals surface area contributed by atoms with Gasteiger partial charge in [-0.3, -0.25) is 4.79 Å². The van der Waals surface area contributed by atoms with E-state index in [2.05, 4.69) is 10.3 Å². The number of hydrogen-bond donors (Lipinski definition) is 2. The molecule has 1 aromatic rings. The Kier molecular flexibility index (Phi) is 5.41. The van der Waals surface area contributed by atoms with Gasteiger partial charge in [-0.15, -0.1) is 0 Å². The minimum Gasteiger partial charge on any atom is -0.397 e. The highest BCUT2D eigenvalue weighted by Crippen LogP contribution is 2.22. The zero-order valence-electron chi connectivity index (χ0n) is 9.93. The highest BCUT2D eigenvalue weighted by Gasteiger charge is 2.25. The predicted molar refractivity (Wildman–Crippen MR) is 65.9 cm³/mol. The van der Waals surface area contributed by atoms with Gasteiger partial charge in [-0.25, -0.2) is 4.98 Å². The van der Waals surface area contributed by atoms with Crippen LogP contribution in [0.3, 0.4) is 0 Å². The monoisotopic (exact) mass is 295 g/mol. The van der Waals surface area contributed by atoms with Crippen LogP contribution >= 0.6 is 11.6 Å². The second-order valence-corrected chi connectivity index (χ2v) is 4.31. The Labute approximate surface area is 113 Å². The van der Waals surface area contributed by atoms with Crippen LogP contribution in [0.1, 0.15) is 29.6 Å². The molecule has 1 aromatic heterocycles. The molecule has 0 aliphatic rings. The Morgan fingerprint density at radius 3 is 2.74 bits per heavy atom. The van der Waals surface area contributed by atoms with Gasteiger partial charge in [-0.05, 0) is 18.9 Å². The van der Waals surface area contributed by atoms with E-state index in [4.69, 9.17) is 17.3 Å². The van der Waals surface area contributed by atoms with E-state index in [1.165, 1.54) is 12.3 Å². The summed E-state index contributed by atoms with van der Waals surface area (Å²) in [6.45, 7) is 0.147. The van der Waals surface area contributed by atoms with Gasteiger partial charge in [-0.2, -0.15) is 13.2 Å². The van der Waals surface area contributed by atoms with E-state index in [0.717, 1.165) is 0 Å². The lowest BCUT2D eigenvalue weighted by Crippen LogP contribution is -2.25. The van der Waals surface area contributed by atoms with Gasteiger partial charge in [0.15, 0.2) is 0 Å². The quantitative estimate of drug-likeness (QED) is 0.648. The van der Waals surface area contributed by atoms with Gasteiger partial charge >= 0.3 is 6.18 Å². The van der Waals surface area contributed by atoms with Gasteiger partial charge in [0, 0.05) is 13.0 Å². The normalized spacial score (nSPS) is 11.4. The minimum absolute atomic E-state index is 0.0314. The number of nitrogens with two attached hydrogens (primary N) is 1. The molecule has 19 heavy (non-hydrogen) atoms. The first-order valence-corrected chi connectivity index (χ1v) is 5.93. The van der Waals surface area contributed by atoms with E-state index in [9.17, 15) is 18.0 Å². The van der Waals surface area contributed by atoms with Crippen LogP contribution in [0.4, 0.5) is 18.9 Å². The van der Waals surface area contributed by atoms with Crippen LogP contribution in [0, 0.1) is 0 Å². The molecule has 1 amide bonds. The maximum absolute atomic E-state index is 11.9. The number of amides is 1. The number of alkyl halides is 3. The third kappa shape index (κ3) is 5.78. The van der Waals surface area contributed by atoms with Crippen molar-refractivity contribution in [1.82, 2.24) is 10.3 Å². The van der Waals surface area contributed by atoms with Gasteiger partial charge in [-0.1, -0.05) is 11.6 Å². The number of halogens is 4. The summed E-state index contributed by atoms with van der Waals surface area (Å²) in [6.07, 6.45) is -3.56. The molecule has 106 valence electrons. The number of carbonyl (C=O) groups excluding carboxylic acids is 1. The van der Waals surface area contributed by atoms with Gasteiger partial charge in [0.05, 0.1) is 17.4 Å². The fraction of sp³-hybridized carbons (Fsp3) is 0.455. The number of hydrogen-bond acceptors (Lipinski definition) is 3. The smallest absolute Gasteiger partial charge is 0.389 e. The Balaban J connectivity index is 2.38. The molecule has 0 fully saturated rings. The molecule has 0 saturated carbocycles. The molecule has 0 aromatic carbocycles. The standard InChI is InChI=1S/C11H13ClF3N3O/c12-9-5-7(8(16)6-18-9)10(19)17-4-2-1-3-11(13,14)15/h5-6H,1-4,16H2,(H,17,19). The number of pyridine rings is 1.